The maximum absolute atomic E-state index is 9.38. The normalized spacial score (nSPS) is 14.6. The van der Waals surface area contributed by atoms with Gasteiger partial charge in [0.1, 0.15) is 11.1 Å². The van der Waals surface area contributed by atoms with Crippen LogP contribution < -0.4 is 0 Å². The monoisotopic (exact) mass is 199 g/mol. The van der Waals surface area contributed by atoms with Crippen molar-refractivity contribution in [2.75, 3.05) is 0 Å². The second-order valence-corrected chi connectivity index (χ2v) is 5.62. The van der Waals surface area contributed by atoms with E-state index in [0.29, 0.717) is 0 Å². The summed E-state index contributed by atoms with van der Waals surface area (Å²) in [6, 6.07) is 0. The molecule has 13 heavy (non-hydrogen) atoms. The number of hydrogen-bond donors (Lipinski definition) is 1. The molecule has 1 heterocycles. The molecule has 0 radical (unpaired) electrons. The van der Waals surface area contributed by atoms with E-state index in [2.05, 4.69) is 32.7 Å². The third-order valence-electron chi connectivity index (χ3n) is 1.88. The highest BCUT2D eigenvalue weighted by Crippen LogP contribution is 2.30. The summed E-state index contributed by atoms with van der Waals surface area (Å²) in [5.74, 6) is 0. The van der Waals surface area contributed by atoms with Crippen LogP contribution in [0.2, 0.25) is 0 Å². The van der Waals surface area contributed by atoms with Gasteiger partial charge in [-0.2, -0.15) is 0 Å². The first kappa shape index (κ1) is 10.7. The number of rotatable bonds is 1. The Kier molecular flexibility index (Phi) is 2.78. The van der Waals surface area contributed by atoms with Gasteiger partial charge in [0.05, 0.1) is 5.69 Å². The molecular formula is C10H17NOS. The summed E-state index contributed by atoms with van der Waals surface area (Å²) in [6.45, 7) is 10.2. The van der Waals surface area contributed by atoms with Gasteiger partial charge in [-0.25, -0.2) is 4.98 Å². The summed E-state index contributed by atoms with van der Waals surface area (Å²) in [5, 5.41) is 10.2. The van der Waals surface area contributed by atoms with Gasteiger partial charge in [-0.15, -0.1) is 11.3 Å². The molecule has 0 amide bonds. The molecule has 1 unspecified atom stereocenters. The Labute approximate surface area is 83.6 Å². The van der Waals surface area contributed by atoms with Gasteiger partial charge in [-0.1, -0.05) is 20.8 Å². The molecule has 0 aliphatic heterocycles. The molecule has 0 aromatic carbocycles. The zero-order valence-corrected chi connectivity index (χ0v) is 9.70. The van der Waals surface area contributed by atoms with E-state index in [-0.39, 0.29) is 5.41 Å². The quantitative estimate of drug-likeness (QED) is 0.754. The molecule has 1 aromatic rings. The van der Waals surface area contributed by atoms with Crippen LogP contribution in [0, 0.1) is 6.92 Å². The van der Waals surface area contributed by atoms with Crippen LogP contribution in [-0.4, -0.2) is 10.1 Å². The van der Waals surface area contributed by atoms with Crippen LogP contribution in [0.3, 0.4) is 0 Å². The number of thiazole rings is 1. The van der Waals surface area contributed by atoms with E-state index < -0.39 is 6.10 Å². The molecule has 1 rings (SSSR count). The van der Waals surface area contributed by atoms with Gasteiger partial charge in [0, 0.05) is 10.3 Å². The molecule has 0 saturated carbocycles. The highest BCUT2D eigenvalue weighted by Gasteiger charge is 2.21. The van der Waals surface area contributed by atoms with E-state index in [1.165, 1.54) is 4.88 Å². The third kappa shape index (κ3) is 2.29. The molecule has 0 bridgehead atoms. The highest BCUT2D eigenvalue weighted by molar-refractivity contribution is 7.11. The van der Waals surface area contributed by atoms with E-state index >= 15 is 0 Å². The lowest BCUT2D eigenvalue weighted by Gasteiger charge is -2.16. The standard InChI is InChI=1S/C10H17NOS/c1-6(12)9-11-8(7(2)13-9)10(3,4)5/h6,12H,1-5H3. The fourth-order valence-corrected chi connectivity index (χ4v) is 2.36. The number of hydrogen-bond acceptors (Lipinski definition) is 3. The first-order valence-corrected chi connectivity index (χ1v) is 5.30. The average Bonchev–Trinajstić information content (AvgIpc) is 2.29. The Morgan fingerprint density at radius 3 is 2.15 bits per heavy atom. The van der Waals surface area contributed by atoms with E-state index in [9.17, 15) is 5.11 Å². The topological polar surface area (TPSA) is 33.1 Å². The van der Waals surface area contributed by atoms with Gasteiger partial charge in [-0.3, -0.25) is 0 Å². The number of nitrogens with zero attached hydrogens (tertiary/aromatic N) is 1. The lowest BCUT2D eigenvalue weighted by Crippen LogP contribution is -2.13. The molecule has 3 heteroatoms. The van der Waals surface area contributed by atoms with Gasteiger partial charge in [0.25, 0.3) is 0 Å². The van der Waals surface area contributed by atoms with Crippen LogP contribution in [0.15, 0.2) is 0 Å². The van der Waals surface area contributed by atoms with Gasteiger partial charge in [0.2, 0.25) is 0 Å². The van der Waals surface area contributed by atoms with Crippen LogP contribution >= 0.6 is 11.3 Å². The Hall–Kier alpha value is -0.410. The van der Waals surface area contributed by atoms with Crippen LogP contribution in [0.1, 0.15) is 49.4 Å². The minimum atomic E-state index is -0.445. The van der Waals surface area contributed by atoms with Gasteiger partial charge < -0.3 is 5.11 Å². The maximum Gasteiger partial charge on any atom is 0.121 e. The number of aliphatic hydroxyl groups excluding tert-OH is 1. The van der Waals surface area contributed by atoms with Crippen molar-refractivity contribution >= 4 is 11.3 Å². The highest BCUT2D eigenvalue weighted by atomic mass is 32.1. The van der Waals surface area contributed by atoms with E-state index in [1.54, 1.807) is 18.3 Å². The molecule has 74 valence electrons. The SMILES string of the molecule is Cc1sc(C(C)O)nc1C(C)(C)C. The van der Waals surface area contributed by atoms with Crippen molar-refractivity contribution in [3.8, 4) is 0 Å². The van der Waals surface area contributed by atoms with Crippen LogP contribution in [0.25, 0.3) is 0 Å². The summed E-state index contributed by atoms with van der Waals surface area (Å²) in [7, 11) is 0. The molecular weight excluding hydrogens is 182 g/mol. The zero-order valence-electron chi connectivity index (χ0n) is 8.88. The molecule has 0 spiro atoms. The molecule has 1 N–H and O–H groups in total. The fraction of sp³-hybridized carbons (Fsp3) is 0.700. The first-order valence-electron chi connectivity index (χ1n) is 4.48. The summed E-state index contributed by atoms with van der Waals surface area (Å²) in [4.78, 5) is 5.66. The van der Waals surface area contributed by atoms with Crippen LogP contribution in [0.4, 0.5) is 0 Å². The predicted octanol–water partition coefficient (Wildman–Crippen LogP) is 2.80. The van der Waals surface area contributed by atoms with Crippen molar-refractivity contribution in [2.45, 2.75) is 46.1 Å². The molecule has 0 saturated heterocycles. The van der Waals surface area contributed by atoms with Gasteiger partial charge >= 0.3 is 0 Å². The maximum atomic E-state index is 9.38. The zero-order chi connectivity index (χ0) is 10.2. The van der Waals surface area contributed by atoms with Crippen molar-refractivity contribution in [3.05, 3.63) is 15.6 Å². The van der Waals surface area contributed by atoms with Crippen molar-refractivity contribution in [3.63, 3.8) is 0 Å². The minimum Gasteiger partial charge on any atom is -0.386 e. The Morgan fingerprint density at radius 1 is 1.38 bits per heavy atom. The van der Waals surface area contributed by atoms with Gasteiger partial charge in [0.15, 0.2) is 0 Å². The molecule has 1 atom stereocenters. The lowest BCUT2D eigenvalue weighted by molar-refractivity contribution is 0.198. The van der Waals surface area contributed by atoms with Crippen LogP contribution in [-0.2, 0) is 5.41 Å². The second kappa shape index (κ2) is 3.39. The third-order valence-corrected chi connectivity index (χ3v) is 3.02. The predicted molar refractivity (Wildman–Crippen MR) is 56.2 cm³/mol. The molecule has 2 nitrogen and oxygen atoms in total. The van der Waals surface area contributed by atoms with Crippen LogP contribution in [0.5, 0.6) is 0 Å². The van der Waals surface area contributed by atoms with Crippen molar-refractivity contribution in [1.82, 2.24) is 4.98 Å². The summed E-state index contributed by atoms with van der Waals surface area (Å²) < 4.78 is 0. The molecule has 0 aliphatic rings. The largest absolute Gasteiger partial charge is 0.386 e. The molecule has 0 aliphatic carbocycles. The van der Waals surface area contributed by atoms with Crippen molar-refractivity contribution < 1.29 is 5.11 Å². The Bertz CT molecular complexity index is 296. The Morgan fingerprint density at radius 2 is 1.92 bits per heavy atom. The smallest absolute Gasteiger partial charge is 0.121 e. The summed E-state index contributed by atoms with van der Waals surface area (Å²) in [6.07, 6.45) is -0.445. The molecule has 0 fully saturated rings. The Balaban J connectivity index is 3.11. The average molecular weight is 199 g/mol. The minimum absolute atomic E-state index is 0.0771. The molecule has 1 aromatic heterocycles. The number of aromatic nitrogens is 1. The number of aliphatic hydroxyl groups is 1. The summed E-state index contributed by atoms with van der Waals surface area (Å²) in [5.41, 5.74) is 1.18. The first-order chi connectivity index (χ1) is 5.82. The van der Waals surface area contributed by atoms with E-state index in [0.717, 1.165) is 10.7 Å². The lowest BCUT2D eigenvalue weighted by atomic mass is 9.91. The van der Waals surface area contributed by atoms with E-state index in [1.807, 2.05) is 0 Å². The van der Waals surface area contributed by atoms with Crippen molar-refractivity contribution in [1.29, 1.82) is 0 Å². The fourth-order valence-electron chi connectivity index (χ4n) is 1.29. The van der Waals surface area contributed by atoms with Crippen molar-refractivity contribution in [2.24, 2.45) is 0 Å². The second-order valence-electron chi connectivity index (χ2n) is 4.38. The van der Waals surface area contributed by atoms with E-state index in [4.69, 9.17) is 0 Å². The number of aryl methyl sites for hydroxylation is 1. The van der Waals surface area contributed by atoms with Gasteiger partial charge in [-0.05, 0) is 13.8 Å². The summed E-state index contributed by atoms with van der Waals surface area (Å²) >= 11 is 1.59.